The van der Waals surface area contributed by atoms with Crippen molar-refractivity contribution < 1.29 is 14.1 Å². The molecule has 0 spiro atoms. The smallest absolute Gasteiger partial charge is 0.257 e. The van der Waals surface area contributed by atoms with Crippen LogP contribution >= 0.6 is 0 Å². The summed E-state index contributed by atoms with van der Waals surface area (Å²) in [5, 5.41) is 3.90. The van der Waals surface area contributed by atoms with Gasteiger partial charge in [-0.1, -0.05) is 29.4 Å². The van der Waals surface area contributed by atoms with Crippen molar-refractivity contribution in [3.63, 3.8) is 0 Å². The monoisotopic (exact) mass is 395 g/mol. The van der Waals surface area contributed by atoms with Gasteiger partial charge in [-0.3, -0.25) is 14.2 Å². The van der Waals surface area contributed by atoms with Crippen LogP contribution in [-0.4, -0.2) is 50.8 Å². The Bertz CT molecular complexity index is 1090. The molecule has 0 radical (unpaired) electrons. The molecular formula is C20H21N5O4. The van der Waals surface area contributed by atoms with Gasteiger partial charge < -0.3 is 14.2 Å². The Morgan fingerprint density at radius 3 is 2.76 bits per heavy atom. The van der Waals surface area contributed by atoms with Gasteiger partial charge in [-0.2, -0.15) is 4.98 Å². The van der Waals surface area contributed by atoms with Crippen molar-refractivity contribution in [3.8, 4) is 11.4 Å². The number of carbonyl (C=O) groups excluding carboxylic acids is 1. The molecule has 0 unspecified atom stereocenters. The van der Waals surface area contributed by atoms with Crippen LogP contribution in [0.5, 0.6) is 0 Å². The third-order valence-electron chi connectivity index (χ3n) is 4.91. The van der Waals surface area contributed by atoms with E-state index in [9.17, 15) is 9.59 Å². The first-order valence-corrected chi connectivity index (χ1v) is 9.28. The highest BCUT2D eigenvalue weighted by molar-refractivity contribution is 5.77. The van der Waals surface area contributed by atoms with E-state index >= 15 is 0 Å². The third-order valence-corrected chi connectivity index (χ3v) is 4.91. The Balaban J connectivity index is 1.51. The summed E-state index contributed by atoms with van der Waals surface area (Å²) in [6.45, 7) is 3.03. The lowest BCUT2D eigenvalue weighted by Gasteiger charge is -2.27. The van der Waals surface area contributed by atoms with Gasteiger partial charge in [0.05, 0.1) is 25.1 Å². The van der Waals surface area contributed by atoms with Crippen molar-refractivity contribution in [2.24, 2.45) is 0 Å². The number of aromatic nitrogens is 4. The molecule has 1 amide bonds. The standard InChI is InChI=1S/C20H21N5O4/c1-13-22-19(23-29-13)15-5-3-14(4-6-15)9-25-12-21-17-10-24(18(26)11-28-2)8-7-16(17)20(25)27/h3-6,12H,7-11H2,1-2H3. The molecule has 150 valence electrons. The predicted molar refractivity (Wildman–Crippen MR) is 103 cm³/mol. The Labute approximate surface area is 166 Å². The first kappa shape index (κ1) is 19.0. The number of fused-ring (bicyclic) bond motifs is 1. The third kappa shape index (κ3) is 3.95. The molecule has 0 fully saturated rings. The fourth-order valence-electron chi connectivity index (χ4n) is 3.37. The van der Waals surface area contributed by atoms with Gasteiger partial charge in [0.1, 0.15) is 6.61 Å². The van der Waals surface area contributed by atoms with Gasteiger partial charge in [0.2, 0.25) is 17.6 Å². The van der Waals surface area contributed by atoms with Gasteiger partial charge in [0.15, 0.2) is 0 Å². The number of benzene rings is 1. The number of amides is 1. The van der Waals surface area contributed by atoms with Crippen LogP contribution < -0.4 is 5.56 Å². The highest BCUT2D eigenvalue weighted by Crippen LogP contribution is 2.17. The molecule has 0 aliphatic carbocycles. The summed E-state index contributed by atoms with van der Waals surface area (Å²) >= 11 is 0. The van der Waals surface area contributed by atoms with Crippen LogP contribution in [0.15, 0.2) is 39.9 Å². The highest BCUT2D eigenvalue weighted by Gasteiger charge is 2.24. The van der Waals surface area contributed by atoms with E-state index in [1.807, 2.05) is 24.3 Å². The zero-order valence-electron chi connectivity index (χ0n) is 16.3. The summed E-state index contributed by atoms with van der Waals surface area (Å²) in [5.41, 5.74) is 3.08. The summed E-state index contributed by atoms with van der Waals surface area (Å²) in [6, 6.07) is 7.65. The normalized spacial score (nSPS) is 13.4. The van der Waals surface area contributed by atoms with Gasteiger partial charge in [-0.15, -0.1) is 0 Å². The van der Waals surface area contributed by atoms with Gasteiger partial charge in [-0.25, -0.2) is 4.98 Å². The van der Waals surface area contributed by atoms with Gasteiger partial charge >= 0.3 is 0 Å². The lowest BCUT2D eigenvalue weighted by molar-refractivity contribution is -0.136. The van der Waals surface area contributed by atoms with Crippen molar-refractivity contribution in [1.82, 2.24) is 24.6 Å². The van der Waals surface area contributed by atoms with Crippen LogP contribution in [0, 0.1) is 6.92 Å². The van der Waals surface area contributed by atoms with Gasteiger partial charge in [0.25, 0.3) is 5.56 Å². The SMILES string of the molecule is COCC(=O)N1CCc2c(ncn(Cc3ccc(-c4noc(C)n4)cc3)c2=O)C1. The van der Waals surface area contributed by atoms with Gasteiger partial charge in [-0.05, 0) is 12.0 Å². The number of ether oxygens (including phenoxy) is 1. The summed E-state index contributed by atoms with van der Waals surface area (Å²) in [6.07, 6.45) is 2.04. The number of nitrogens with zero attached hydrogens (tertiary/aromatic N) is 5. The number of hydrogen-bond acceptors (Lipinski definition) is 7. The number of aryl methyl sites for hydroxylation is 1. The molecule has 0 N–H and O–H groups in total. The minimum absolute atomic E-state index is 0.0336. The molecule has 2 aromatic heterocycles. The fraction of sp³-hybridized carbons (Fsp3) is 0.350. The molecule has 0 saturated carbocycles. The molecule has 1 aromatic carbocycles. The van der Waals surface area contributed by atoms with Crippen LogP contribution in [0.3, 0.4) is 0 Å². The Hall–Kier alpha value is -3.33. The number of methoxy groups -OCH3 is 1. The molecule has 1 aliphatic heterocycles. The number of hydrogen-bond donors (Lipinski definition) is 0. The Kier molecular flexibility index (Phi) is 5.22. The molecule has 3 aromatic rings. The molecule has 0 bridgehead atoms. The lowest BCUT2D eigenvalue weighted by Crippen LogP contribution is -2.41. The maximum atomic E-state index is 12.9. The number of rotatable bonds is 5. The average molecular weight is 395 g/mol. The molecule has 3 heterocycles. The van der Waals surface area contributed by atoms with Crippen molar-refractivity contribution >= 4 is 5.91 Å². The summed E-state index contributed by atoms with van der Waals surface area (Å²) in [5.74, 6) is 0.952. The van der Waals surface area contributed by atoms with Crippen LogP contribution in [-0.2, 0) is 29.0 Å². The van der Waals surface area contributed by atoms with E-state index in [0.717, 1.165) is 11.1 Å². The molecule has 0 saturated heterocycles. The van der Waals surface area contributed by atoms with Crippen molar-refractivity contribution in [2.45, 2.75) is 26.4 Å². The van der Waals surface area contributed by atoms with E-state index in [4.69, 9.17) is 9.26 Å². The maximum absolute atomic E-state index is 12.9. The van der Waals surface area contributed by atoms with Crippen LogP contribution in [0.2, 0.25) is 0 Å². The van der Waals surface area contributed by atoms with Crippen molar-refractivity contribution in [2.75, 3.05) is 20.3 Å². The molecule has 9 nitrogen and oxygen atoms in total. The second-order valence-electron chi connectivity index (χ2n) is 6.94. The zero-order chi connectivity index (χ0) is 20.4. The Morgan fingerprint density at radius 1 is 1.28 bits per heavy atom. The van der Waals surface area contributed by atoms with E-state index in [0.29, 0.717) is 49.0 Å². The van der Waals surface area contributed by atoms with E-state index in [2.05, 4.69) is 15.1 Å². The molecule has 1 aliphatic rings. The summed E-state index contributed by atoms with van der Waals surface area (Å²) in [7, 11) is 1.49. The van der Waals surface area contributed by atoms with Crippen molar-refractivity contribution in [1.29, 1.82) is 0 Å². The number of carbonyl (C=O) groups is 1. The fourth-order valence-corrected chi connectivity index (χ4v) is 3.37. The molecule has 9 heteroatoms. The first-order chi connectivity index (χ1) is 14.0. The minimum Gasteiger partial charge on any atom is -0.375 e. The second-order valence-corrected chi connectivity index (χ2v) is 6.94. The highest BCUT2D eigenvalue weighted by atomic mass is 16.5. The molecule has 4 rings (SSSR count). The van der Waals surface area contributed by atoms with E-state index in [1.165, 1.54) is 7.11 Å². The lowest BCUT2D eigenvalue weighted by atomic mass is 10.1. The summed E-state index contributed by atoms with van der Waals surface area (Å²) < 4.78 is 11.5. The predicted octanol–water partition coefficient (Wildman–Crippen LogP) is 1.18. The van der Waals surface area contributed by atoms with E-state index < -0.39 is 0 Å². The van der Waals surface area contributed by atoms with Crippen LogP contribution in [0.1, 0.15) is 22.7 Å². The maximum Gasteiger partial charge on any atom is 0.257 e. The zero-order valence-corrected chi connectivity index (χ0v) is 16.3. The minimum atomic E-state index is -0.0963. The van der Waals surface area contributed by atoms with E-state index in [-0.39, 0.29) is 18.1 Å². The topological polar surface area (TPSA) is 103 Å². The average Bonchev–Trinajstić information content (AvgIpc) is 3.17. The largest absolute Gasteiger partial charge is 0.375 e. The van der Waals surface area contributed by atoms with E-state index in [1.54, 1.807) is 22.7 Å². The molecule has 0 atom stereocenters. The molecule has 29 heavy (non-hydrogen) atoms. The first-order valence-electron chi connectivity index (χ1n) is 9.28. The molecular weight excluding hydrogens is 374 g/mol. The Morgan fingerprint density at radius 2 is 2.07 bits per heavy atom. The second kappa shape index (κ2) is 7.96. The van der Waals surface area contributed by atoms with Crippen LogP contribution in [0.25, 0.3) is 11.4 Å². The van der Waals surface area contributed by atoms with Gasteiger partial charge in [0, 0.05) is 31.7 Å². The summed E-state index contributed by atoms with van der Waals surface area (Å²) in [4.78, 5) is 35.2. The van der Waals surface area contributed by atoms with Crippen molar-refractivity contribution in [3.05, 3.63) is 63.7 Å². The quantitative estimate of drug-likeness (QED) is 0.639. The van der Waals surface area contributed by atoms with Crippen LogP contribution in [0.4, 0.5) is 0 Å².